The summed E-state index contributed by atoms with van der Waals surface area (Å²) in [5.74, 6) is 0.717. The van der Waals surface area contributed by atoms with Gasteiger partial charge in [-0.2, -0.15) is 0 Å². The van der Waals surface area contributed by atoms with Gasteiger partial charge in [-0.3, -0.25) is 0 Å². The highest BCUT2D eigenvalue weighted by Gasteiger charge is 2.42. The predicted octanol–water partition coefficient (Wildman–Crippen LogP) is 6.34. The summed E-state index contributed by atoms with van der Waals surface area (Å²) in [7, 11) is 0. The molecule has 1 aromatic heterocycles. The zero-order chi connectivity index (χ0) is 26.6. The molecule has 36 heavy (non-hydrogen) atoms. The number of nitrogens with zero attached hydrogens (tertiary/aromatic N) is 3. The van der Waals surface area contributed by atoms with Crippen LogP contribution < -0.4 is 10.6 Å². The number of nitrogens with two attached hydrogens (primary N) is 1. The molecule has 3 aromatic rings. The molecule has 3 heterocycles. The Labute approximate surface area is 222 Å². The quantitative estimate of drug-likeness (QED) is 0.161. The van der Waals surface area contributed by atoms with E-state index in [2.05, 4.69) is 15.2 Å². The van der Waals surface area contributed by atoms with Gasteiger partial charge in [0.05, 0.1) is 25.4 Å². The van der Waals surface area contributed by atoms with Crippen LogP contribution in [-0.2, 0) is 11.3 Å². The van der Waals surface area contributed by atoms with E-state index >= 15 is 0 Å². The maximum absolute atomic E-state index is 9.06. The minimum absolute atomic E-state index is 0.0746. The molecule has 1 aliphatic carbocycles. The van der Waals surface area contributed by atoms with E-state index in [0.29, 0.717) is 51.0 Å². The van der Waals surface area contributed by atoms with Crippen molar-refractivity contribution in [2.75, 3.05) is 4.90 Å². The van der Waals surface area contributed by atoms with E-state index in [1.54, 1.807) is 18.2 Å². The lowest BCUT2D eigenvalue weighted by molar-refractivity contribution is 0.0147. The molecule has 0 spiro atoms. The monoisotopic (exact) mass is 528 g/mol. The summed E-state index contributed by atoms with van der Waals surface area (Å²) in [6.45, 7) is -2.13. The first-order chi connectivity index (χ1) is 18.3. The first-order valence-corrected chi connectivity index (χ1v) is 13.0. The molecule has 7 nitrogen and oxygen atoms in total. The summed E-state index contributed by atoms with van der Waals surface area (Å²) in [4.78, 5) is 2.40. The molecule has 1 unspecified atom stereocenters. The van der Waals surface area contributed by atoms with Crippen LogP contribution in [0, 0.1) is 0 Å². The van der Waals surface area contributed by atoms with Crippen LogP contribution in [0.25, 0.3) is 11.3 Å². The van der Waals surface area contributed by atoms with Crippen LogP contribution in [0.5, 0.6) is 0 Å². The van der Waals surface area contributed by atoms with E-state index < -0.39 is 6.56 Å². The van der Waals surface area contributed by atoms with Crippen molar-refractivity contribution in [3.63, 3.8) is 0 Å². The summed E-state index contributed by atoms with van der Waals surface area (Å²) in [5.41, 5.74) is 8.50. The molecule has 0 radical (unpaired) electrons. The Morgan fingerprint density at radius 2 is 1.78 bits per heavy atom. The third-order valence-electron chi connectivity index (χ3n) is 7.45. The van der Waals surface area contributed by atoms with Gasteiger partial charge in [-0.15, -0.1) is 0 Å². The van der Waals surface area contributed by atoms with Gasteiger partial charge in [0.25, 0.3) is 0 Å². The fourth-order valence-corrected chi connectivity index (χ4v) is 6.15. The number of hydrogen-bond donors (Lipinski definition) is 2. The van der Waals surface area contributed by atoms with Crippen molar-refractivity contribution in [3.05, 3.63) is 69.4 Å². The minimum atomic E-state index is -2.13. The third-order valence-corrected chi connectivity index (χ3v) is 8.08. The molecule has 2 saturated heterocycles. The van der Waals surface area contributed by atoms with E-state index in [4.69, 9.17) is 46.1 Å². The number of piperidine rings is 1. The number of benzene rings is 2. The van der Waals surface area contributed by atoms with Crippen LogP contribution >= 0.6 is 23.2 Å². The van der Waals surface area contributed by atoms with Crippen molar-refractivity contribution in [1.29, 1.82) is 0 Å². The first kappa shape index (κ1) is 21.4. The number of halogens is 2. The molecule has 1 saturated carbocycles. The van der Waals surface area contributed by atoms with Crippen LogP contribution in [-0.4, -0.2) is 34.4 Å². The van der Waals surface area contributed by atoms with Crippen LogP contribution in [0.1, 0.15) is 64.1 Å². The lowest BCUT2D eigenvalue weighted by Gasteiger charge is -2.40. The molecule has 2 aliphatic heterocycles. The standard InChI is InChI=1S/C27H28Cl2N4O3/c28-22-2-1-3-23(29)24(22)25-21(26(36-32-25)15-4-5-15)14-35-20-12-18-10-11-19(13-20)33(18)17-8-6-16(7-9-17)27(30)31-34/h1-3,6-9,15,18-20,34H,4-5,10-14H2,(H2,30,31)/t18-,19+,20?/i14D2. The van der Waals surface area contributed by atoms with Gasteiger partial charge in [-0.1, -0.05) is 39.6 Å². The Morgan fingerprint density at radius 1 is 1.11 bits per heavy atom. The molecule has 3 N–H and O–H groups in total. The Bertz CT molecular complexity index is 1340. The SMILES string of the molecule is [2H]C([2H])(OC1C[C@H]2CC[C@@H](C1)N2c1ccc(/C(N)=N/O)cc1)c1c(-c2c(Cl)cccc2Cl)noc1C1CC1. The van der Waals surface area contributed by atoms with Crippen molar-refractivity contribution in [3.8, 4) is 11.3 Å². The molecule has 188 valence electrons. The third kappa shape index (κ3) is 4.33. The number of anilines is 1. The Hall–Kier alpha value is -2.74. The van der Waals surface area contributed by atoms with Gasteiger partial charge < -0.3 is 25.1 Å². The van der Waals surface area contributed by atoms with Gasteiger partial charge >= 0.3 is 0 Å². The largest absolute Gasteiger partial charge is 0.409 e. The highest BCUT2D eigenvalue weighted by atomic mass is 35.5. The number of hydrogen-bond acceptors (Lipinski definition) is 6. The summed E-state index contributed by atoms with van der Waals surface area (Å²) >= 11 is 13.0. The van der Waals surface area contributed by atoms with E-state index in [0.717, 1.165) is 31.4 Å². The fraction of sp³-hybridized carbons (Fsp3) is 0.407. The summed E-state index contributed by atoms with van der Waals surface area (Å²) in [5, 5.41) is 17.0. The smallest absolute Gasteiger partial charge is 0.170 e. The Morgan fingerprint density at radius 3 is 2.39 bits per heavy atom. The number of oxime groups is 1. The number of rotatable bonds is 7. The second-order valence-electron chi connectivity index (χ2n) is 9.78. The lowest BCUT2D eigenvalue weighted by Crippen LogP contribution is -2.45. The van der Waals surface area contributed by atoms with Crippen molar-refractivity contribution >= 4 is 34.7 Å². The second kappa shape index (κ2) is 9.61. The Balaban J connectivity index is 1.25. The van der Waals surface area contributed by atoms with Crippen molar-refractivity contribution < 1.29 is 17.2 Å². The average Bonchev–Trinajstić information content (AvgIpc) is 3.58. The molecule has 0 amide bonds. The molecular weight excluding hydrogens is 499 g/mol. The van der Waals surface area contributed by atoms with Crippen molar-refractivity contribution in [1.82, 2.24) is 5.16 Å². The van der Waals surface area contributed by atoms with Gasteiger partial charge in [0, 0.05) is 40.4 Å². The van der Waals surface area contributed by atoms with E-state index in [1.165, 1.54) is 0 Å². The van der Waals surface area contributed by atoms with Crippen LogP contribution in [0.15, 0.2) is 52.1 Å². The number of aromatic nitrogens is 1. The van der Waals surface area contributed by atoms with Crippen LogP contribution in [0.4, 0.5) is 5.69 Å². The van der Waals surface area contributed by atoms with Gasteiger partial charge in [-0.25, -0.2) is 0 Å². The number of amidine groups is 1. The minimum Gasteiger partial charge on any atom is -0.409 e. The molecule has 3 atom stereocenters. The number of fused-ring (bicyclic) bond motifs is 2. The zero-order valence-electron chi connectivity index (χ0n) is 21.5. The van der Waals surface area contributed by atoms with Gasteiger partial charge in [0.1, 0.15) is 11.5 Å². The first-order valence-electron chi connectivity index (χ1n) is 13.3. The van der Waals surface area contributed by atoms with Crippen LogP contribution in [0.2, 0.25) is 10.0 Å². The van der Waals surface area contributed by atoms with E-state index in [1.807, 2.05) is 24.3 Å². The molecule has 2 bridgehead atoms. The zero-order valence-corrected chi connectivity index (χ0v) is 21.0. The predicted molar refractivity (Wildman–Crippen MR) is 140 cm³/mol. The van der Waals surface area contributed by atoms with Gasteiger partial charge in [0.15, 0.2) is 5.84 Å². The highest BCUT2D eigenvalue weighted by Crippen LogP contribution is 2.47. The normalized spacial score (nSPS) is 25.1. The molecule has 9 heteroatoms. The summed E-state index contributed by atoms with van der Waals surface area (Å²) < 4.78 is 30.1. The molecule has 2 aromatic carbocycles. The average molecular weight is 529 g/mol. The Kier molecular flexibility index (Phi) is 5.70. The van der Waals surface area contributed by atoms with Gasteiger partial charge in [0.2, 0.25) is 0 Å². The summed E-state index contributed by atoms with van der Waals surface area (Å²) in [6.07, 6.45) is 4.99. The topological polar surface area (TPSA) is 97.1 Å². The molecule has 3 aliphatic rings. The molecular formula is C27H28Cl2N4O3. The lowest BCUT2D eigenvalue weighted by atomic mass is 9.98. The maximum atomic E-state index is 9.06. The van der Waals surface area contributed by atoms with Gasteiger partial charge in [-0.05, 0) is 74.9 Å². The highest BCUT2D eigenvalue weighted by molar-refractivity contribution is 6.39. The summed E-state index contributed by atoms with van der Waals surface area (Å²) in [6, 6.07) is 13.3. The molecule has 6 rings (SSSR count). The number of ether oxygens (including phenoxy) is 1. The second-order valence-corrected chi connectivity index (χ2v) is 10.6. The maximum Gasteiger partial charge on any atom is 0.170 e. The van der Waals surface area contributed by atoms with Crippen molar-refractivity contribution in [2.45, 2.75) is 69.2 Å². The van der Waals surface area contributed by atoms with E-state index in [9.17, 15) is 0 Å². The van der Waals surface area contributed by atoms with E-state index in [-0.39, 0.29) is 29.9 Å². The fourth-order valence-electron chi connectivity index (χ4n) is 5.57. The van der Waals surface area contributed by atoms with Crippen molar-refractivity contribution in [2.24, 2.45) is 10.9 Å². The molecule has 3 fully saturated rings. The van der Waals surface area contributed by atoms with Crippen LogP contribution in [0.3, 0.4) is 0 Å².